The van der Waals surface area contributed by atoms with E-state index < -0.39 is 17.8 Å². The largest absolute Gasteiger partial charge is 0.467 e. The first-order valence-corrected chi connectivity index (χ1v) is 5.30. The topological polar surface area (TPSA) is 60.1 Å². The molecule has 0 spiro atoms. The van der Waals surface area contributed by atoms with E-state index in [1.54, 1.807) is 12.1 Å². The summed E-state index contributed by atoms with van der Waals surface area (Å²) < 4.78 is 43.2. The summed E-state index contributed by atoms with van der Waals surface area (Å²) in [6, 6.07) is 3.99. The maximum Gasteiger partial charge on any atom is 0.433 e. The lowest BCUT2D eigenvalue weighted by Crippen LogP contribution is -2.23. The van der Waals surface area contributed by atoms with Crippen molar-refractivity contribution in [2.45, 2.75) is 12.7 Å². The molecule has 8 heteroatoms. The summed E-state index contributed by atoms with van der Waals surface area (Å²) in [4.78, 5) is 11.6. The molecule has 1 amide bonds. The Hall–Kier alpha value is -2.25. The van der Waals surface area contributed by atoms with Crippen molar-refractivity contribution in [3.63, 3.8) is 0 Å². The number of rotatable bonds is 3. The van der Waals surface area contributed by atoms with E-state index in [1.807, 2.05) is 0 Å². The number of alkyl halides is 3. The fourth-order valence-electron chi connectivity index (χ4n) is 1.51. The second-order valence-electron chi connectivity index (χ2n) is 3.80. The lowest BCUT2D eigenvalue weighted by molar-refractivity contribution is -0.143. The number of aromatic nitrogens is 2. The normalized spacial score (nSPS) is 11.6. The van der Waals surface area contributed by atoms with Crippen LogP contribution in [-0.2, 0) is 19.8 Å². The van der Waals surface area contributed by atoms with Crippen LogP contribution in [-0.4, -0.2) is 15.7 Å². The molecule has 0 saturated heterocycles. The molecular weight excluding hydrogens is 263 g/mol. The zero-order chi connectivity index (χ0) is 14.0. The fourth-order valence-corrected chi connectivity index (χ4v) is 1.51. The molecule has 0 unspecified atom stereocenters. The van der Waals surface area contributed by atoms with Gasteiger partial charge in [-0.15, -0.1) is 0 Å². The van der Waals surface area contributed by atoms with Crippen LogP contribution in [0.4, 0.5) is 13.2 Å². The number of hydrogen-bond acceptors (Lipinski definition) is 3. The molecule has 0 radical (unpaired) electrons. The molecule has 0 bridgehead atoms. The van der Waals surface area contributed by atoms with Crippen LogP contribution >= 0.6 is 0 Å². The molecule has 2 rings (SSSR count). The van der Waals surface area contributed by atoms with Gasteiger partial charge in [-0.1, -0.05) is 0 Å². The van der Waals surface area contributed by atoms with Crippen LogP contribution in [0.1, 0.15) is 21.9 Å². The zero-order valence-corrected chi connectivity index (χ0v) is 9.86. The van der Waals surface area contributed by atoms with Gasteiger partial charge in [-0.2, -0.15) is 18.3 Å². The Labute approximate surface area is 106 Å². The van der Waals surface area contributed by atoms with Gasteiger partial charge >= 0.3 is 6.18 Å². The number of nitrogens with one attached hydrogen (secondary N) is 1. The summed E-state index contributed by atoms with van der Waals surface area (Å²) in [5, 5.41) is 5.95. The molecule has 1 N–H and O–H groups in total. The molecule has 19 heavy (non-hydrogen) atoms. The Morgan fingerprint density at radius 3 is 2.79 bits per heavy atom. The van der Waals surface area contributed by atoms with Gasteiger partial charge in [0, 0.05) is 13.1 Å². The van der Waals surface area contributed by atoms with Crippen molar-refractivity contribution < 1.29 is 22.4 Å². The van der Waals surface area contributed by atoms with Gasteiger partial charge in [-0.25, -0.2) is 0 Å². The monoisotopic (exact) mass is 273 g/mol. The number of amides is 1. The zero-order valence-electron chi connectivity index (χ0n) is 9.86. The Morgan fingerprint density at radius 2 is 2.26 bits per heavy atom. The van der Waals surface area contributed by atoms with Gasteiger partial charge in [-0.3, -0.25) is 9.48 Å². The predicted octanol–water partition coefficient (Wildman–Crippen LogP) is 1.96. The van der Waals surface area contributed by atoms with E-state index in [4.69, 9.17) is 4.42 Å². The van der Waals surface area contributed by atoms with Crippen LogP contribution in [0.3, 0.4) is 0 Å². The molecule has 2 heterocycles. The van der Waals surface area contributed by atoms with Crippen molar-refractivity contribution in [2.75, 3.05) is 0 Å². The van der Waals surface area contributed by atoms with Crippen molar-refractivity contribution in [2.24, 2.45) is 7.05 Å². The Kier molecular flexibility index (Phi) is 3.32. The third-order valence-corrected chi connectivity index (χ3v) is 2.41. The minimum absolute atomic E-state index is 0.0871. The molecule has 0 aliphatic rings. The van der Waals surface area contributed by atoms with E-state index in [2.05, 4.69) is 10.4 Å². The molecule has 102 valence electrons. The summed E-state index contributed by atoms with van der Waals surface area (Å²) in [6.45, 7) is 0.0871. The van der Waals surface area contributed by atoms with Crippen molar-refractivity contribution in [1.82, 2.24) is 15.1 Å². The molecule has 0 fully saturated rings. The number of carbonyl (C=O) groups is 1. The summed E-state index contributed by atoms with van der Waals surface area (Å²) in [5.41, 5.74) is -1.27. The molecule has 2 aromatic heterocycles. The summed E-state index contributed by atoms with van der Waals surface area (Å²) >= 11 is 0. The van der Waals surface area contributed by atoms with E-state index >= 15 is 0 Å². The van der Waals surface area contributed by atoms with Crippen molar-refractivity contribution in [3.8, 4) is 0 Å². The molecular formula is C11H10F3N3O2. The Balaban J connectivity index is 2.08. The van der Waals surface area contributed by atoms with Gasteiger partial charge in [0.25, 0.3) is 5.91 Å². The Morgan fingerprint density at radius 1 is 1.53 bits per heavy atom. The molecule has 0 saturated carbocycles. The SMILES string of the molecule is Cn1nc(C(=O)NCc2ccco2)cc1C(F)(F)F. The second-order valence-corrected chi connectivity index (χ2v) is 3.80. The lowest BCUT2D eigenvalue weighted by atomic mass is 10.3. The third kappa shape index (κ3) is 2.95. The van der Waals surface area contributed by atoms with Crippen LogP contribution in [0, 0.1) is 0 Å². The fraction of sp³-hybridized carbons (Fsp3) is 0.273. The average Bonchev–Trinajstić information content (AvgIpc) is 2.93. The van der Waals surface area contributed by atoms with E-state index in [0.29, 0.717) is 16.5 Å². The van der Waals surface area contributed by atoms with Gasteiger partial charge in [0.15, 0.2) is 5.69 Å². The predicted molar refractivity (Wildman–Crippen MR) is 58.1 cm³/mol. The minimum atomic E-state index is -4.54. The van der Waals surface area contributed by atoms with Crippen LogP contribution in [0.5, 0.6) is 0 Å². The van der Waals surface area contributed by atoms with E-state index in [1.165, 1.54) is 6.26 Å². The third-order valence-electron chi connectivity index (χ3n) is 2.41. The smallest absolute Gasteiger partial charge is 0.433 e. The molecule has 5 nitrogen and oxygen atoms in total. The number of aryl methyl sites for hydroxylation is 1. The quantitative estimate of drug-likeness (QED) is 0.930. The first-order chi connectivity index (χ1) is 8.88. The maximum absolute atomic E-state index is 12.5. The molecule has 0 atom stereocenters. The number of nitrogens with zero attached hydrogens (tertiary/aromatic N) is 2. The minimum Gasteiger partial charge on any atom is -0.467 e. The molecule has 2 aromatic rings. The molecule has 0 aromatic carbocycles. The molecule has 0 aliphatic carbocycles. The first kappa shape index (κ1) is 13.2. The van der Waals surface area contributed by atoms with Crippen LogP contribution in [0.25, 0.3) is 0 Å². The van der Waals surface area contributed by atoms with Gasteiger partial charge in [0.1, 0.15) is 11.5 Å². The van der Waals surface area contributed by atoms with Gasteiger partial charge < -0.3 is 9.73 Å². The summed E-state index contributed by atoms with van der Waals surface area (Å²) in [5.74, 6) is -0.192. The van der Waals surface area contributed by atoms with E-state index in [0.717, 1.165) is 7.05 Å². The molecule has 0 aliphatic heterocycles. The standard InChI is InChI=1S/C11H10F3N3O2/c1-17-9(11(12,13)14)5-8(16-17)10(18)15-6-7-3-2-4-19-7/h2-5H,6H2,1H3,(H,15,18). The van der Waals surface area contributed by atoms with Crippen molar-refractivity contribution in [3.05, 3.63) is 41.6 Å². The highest BCUT2D eigenvalue weighted by atomic mass is 19.4. The summed E-state index contributed by atoms with van der Waals surface area (Å²) in [7, 11) is 1.13. The van der Waals surface area contributed by atoms with Gasteiger partial charge in [0.05, 0.1) is 12.8 Å². The number of hydrogen-bond donors (Lipinski definition) is 1. The Bertz CT molecular complexity index is 573. The van der Waals surface area contributed by atoms with Crippen LogP contribution < -0.4 is 5.32 Å². The van der Waals surface area contributed by atoms with Crippen molar-refractivity contribution in [1.29, 1.82) is 0 Å². The highest BCUT2D eigenvalue weighted by Crippen LogP contribution is 2.29. The number of carbonyl (C=O) groups excluding carboxylic acids is 1. The van der Waals surface area contributed by atoms with E-state index in [9.17, 15) is 18.0 Å². The highest BCUT2D eigenvalue weighted by molar-refractivity contribution is 5.92. The first-order valence-electron chi connectivity index (χ1n) is 5.30. The van der Waals surface area contributed by atoms with Gasteiger partial charge in [-0.05, 0) is 12.1 Å². The van der Waals surface area contributed by atoms with Crippen LogP contribution in [0.2, 0.25) is 0 Å². The van der Waals surface area contributed by atoms with Gasteiger partial charge in [0.2, 0.25) is 0 Å². The van der Waals surface area contributed by atoms with E-state index in [-0.39, 0.29) is 12.2 Å². The average molecular weight is 273 g/mol. The second kappa shape index (κ2) is 4.79. The number of halogens is 3. The maximum atomic E-state index is 12.5. The lowest BCUT2D eigenvalue weighted by Gasteiger charge is -2.04. The van der Waals surface area contributed by atoms with Crippen molar-refractivity contribution >= 4 is 5.91 Å². The number of furan rings is 1. The highest BCUT2D eigenvalue weighted by Gasteiger charge is 2.35. The summed E-state index contributed by atoms with van der Waals surface area (Å²) in [6.07, 6.45) is -3.11. The van der Waals surface area contributed by atoms with Crippen LogP contribution in [0.15, 0.2) is 28.9 Å².